The van der Waals surface area contributed by atoms with Crippen LogP contribution in [0.4, 0.5) is 5.69 Å². The van der Waals surface area contributed by atoms with Crippen LogP contribution in [0.25, 0.3) is 0 Å². The molecule has 0 atom stereocenters. The summed E-state index contributed by atoms with van der Waals surface area (Å²) in [4.78, 5) is 12.0. The third-order valence-corrected chi connectivity index (χ3v) is 2.92. The van der Waals surface area contributed by atoms with E-state index in [1.165, 1.54) is 0 Å². The Morgan fingerprint density at radius 3 is 2.65 bits per heavy atom. The maximum absolute atomic E-state index is 12.0. The molecule has 0 bridgehead atoms. The summed E-state index contributed by atoms with van der Waals surface area (Å²) in [7, 11) is 0. The van der Waals surface area contributed by atoms with Gasteiger partial charge in [0.2, 0.25) is 0 Å². The predicted octanol–water partition coefficient (Wildman–Crippen LogP) is 1.84. The van der Waals surface area contributed by atoms with Crippen LogP contribution in [0, 0.1) is 13.8 Å². The van der Waals surface area contributed by atoms with E-state index in [0.29, 0.717) is 5.71 Å². The lowest BCUT2D eigenvalue weighted by molar-refractivity contribution is -0.134. The molecule has 0 aliphatic carbocycles. The molecule has 8 heteroatoms. The number of carbonyl (C=O) groups excluding carboxylic acids is 1. The van der Waals surface area contributed by atoms with Crippen LogP contribution in [0.2, 0.25) is 0 Å². The predicted molar refractivity (Wildman–Crippen MR) is 96.6 cm³/mol. The van der Waals surface area contributed by atoms with E-state index in [1.54, 1.807) is 13.8 Å². The van der Waals surface area contributed by atoms with Crippen LogP contribution in [-0.2, 0) is 9.53 Å². The molecule has 4 N–H and O–H groups in total. The number of nitrogens with two attached hydrogens (primary N) is 1. The zero-order valence-electron chi connectivity index (χ0n) is 13.6. The Morgan fingerprint density at radius 1 is 1.35 bits per heavy atom. The van der Waals surface area contributed by atoms with Gasteiger partial charge in [0, 0.05) is 0 Å². The number of benzene rings is 1. The molecule has 1 aromatic carbocycles. The minimum atomic E-state index is -0.587. The first-order valence-corrected chi connectivity index (χ1v) is 7.44. The zero-order valence-corrected chi connectivity index (χ0v) is 14.5. The number of hydrazone groups is 2. The van der Waals surface area contributed by atoms with E-state index in [1.807, 2.05) is 32.0 Å². The highest BCUT2D eigenvalue weighted by Gasteiger charge is 2.17. The molecule has 0 heterocycles. The van der Waals surface area contributed by atoms with E-state index < -0.39 is 5.97 Å². The fourth-order valence-electron chi connectivity index (χ4n) is 1.64. The molecule has 0 unspecified atom stereocenters. The summed E-state index contributed by atoms with van der Waals surface area (Å²) in [5.41, 5.74) is 13.8. The van der Waals surface area contributed by atoms with Crippen LogP contribution < -0.4 is 16.6 Å². The monoisotopic (exact) mass is 335 g/mol. The van der Waals surface area contributed by atoms with Gasteiger partial charge in [0.1, 0.15) is 0 Å². The van der Waals surface area contributed by atoms with E-state index in [0.717, 1.165) is 16.8 Å². The molecule has 0 aliphatic rings. The Hall–Kier alpha value is -2.48. The minimum absolute atomic E-state index is 0.00459. The number of hydrogen-bond acceptors (Lipinski definition) is 6. The van der Waals surface area contributed by atoms with Crippen molar-refractivity contribution in [1.82, 2.24) is 5.43 Å². The second kappa shape index (κ2) is 8.84. The molecule has 0 aromatic heterocycles. The lowest BCUT2D eigenvalue weighted by Gasteiger charge is -2.09. The number of thiocarbonyl (C=S) groups is 1. The van der Waals surface area contributed by atoms with Crippen LogP contribution in [-0.4, -0.2) is 29.1 Å². The number of carbonyl (C=O) groups is 1. The van der Waals surface area contributed by atoms with Crippen molar-refractivity contribution < 1.29 is 9.53 Å². The summed E-state index contributed by atoms with van der Waals surface area (Å²) in [6.45, 7) is 7.46. The number of aryl methyl sites for hydroxylation is 2. The Bertz CT molecular complexity index is 655. The number of nitrogens with zero attached hydrogens (tertiary/aromatic N) is 2. The summed E-state index contributed by atoms with van der Waals surface area (Å²) in [5.74, 6) is -0.587. The maximum Gasteiger partial charge on any atom is 0.360 e. The van der Waals surface area contributed by atoms with Crippen molar-refractivity contribution in [3.63, 3.8) is 0 Å². The van der Waals surface area contributed by atoms with Crippen molar-refractivity contribution in [2.45, 2.75) is 27.7 Å². The van der Waals surface area contributed by atoms with Crippen LogP contribution >= 0.6 is 12.2 Å². The van der Waals surface area contributed by atoms with Crippen molar-refractivity contribution in [3.05, 3.63) is 29.3 Å². The Morgan fingerprint density at radius 2 is 2.04 bits per heavy atom. The molecule has 7 nitrogen and oxygen atoms in total. The SMILES string of the molecule is CCOC(=O)/C(=N\Nc1cc(C)ccc1C)C(C)=NNC(N)=S. The molecule has 1 aromatic rings. The van der Waals surface area contributed by atoms with Gasteiger partial charge in [-0.1, -0.05) is 12.1 Å². The number of nitrogens with one attached hydrogen (secondary N) is 2. The van der Waals surface area contributed by atoms with Gasteiger partial charge < -0.3 is 10.5 Å². The van der Waals surface area contributed by atoms with Gasteiger partial charge in [-0.05, 0) is 57.1 Å². The van der Waals surface area contributed by atoms with Crippen LogP contribution in [0.1, 0.15) is 25.0 Å². The molecule has 23 heavy (non-hydrogen) atoms. The molecular weight excluding hydrogens is 314 g/mol. The summed E-state index contributed by atoms with van der Waals surface area (Å²) >= 11 is 4.68. The molecule has 0 fully saturated rings. The number of anilines is 1. The summed E-state index contributed by atoms with van der Waals surface area (Å²) in [6, 6.07) is 5.89. The topological polar surface area (TPSA) is 101 Å². The summed E-state index contributed by atoms with van der Waals surface area (Å²) < 4.78 is 4.99. The van der Waals surface area contributed by atoms with Crippen LogP contribution in [0.15, 0.2) is 28.4 Å². The zero-order chi connectivity index (χ0) is 17.4. The van der Waals surface area contributed by atoms with Gasteiger partial charge in [-0.2, -0.15) is 10.2 Å². The second-order valence-corrected chi connectivity index (χ2v) is 5.22. The van der Waals surface area contributed by atoms with Crippen LogP contribution in [0.5, 0.6) is 0 Å². The Kier molecular flexibility index (Phi) is 7.14. The third-order valence-electron chi connectivity index (χ3n) is 2.83. The van der Waals surface area contributed by atoms with Gasteiger partial charge >= 0.3 is 5.97 Å². The van der Waals surface area contributed by atoms with Gasteiger partial charge in [-0.25, -0.2) is 4.79 Å². The number of esters is 1. The third kappa shape index (κ3) is 6.03. The first kappa shape index (κ1) is 18.6. The fraction of sp³-hybridized carbons (Fsp3) is 0.333. The lowest BCUT2D eigenvalue weighted by atomic mass is 10.1. The van der Waals surface area contributed by atoms with E-state index in [-0.39, 0.29) is 17.4 Å². The summed E-state index contributed by atoms with van der Waals surface area (Å²) in [5, 5.41) is 8.03. The first-order valence-electron chi connectivity index (χ1n) is 7.03. The molecule has 0 aliphatic heterocycles. The maximum atomic E-state index is 12.0. The normalized spacial score (nSPS) is 11.8. The average Bonchev–Trinajstić information content (AvgIpc) is 2.49. The smallest absolute Gasteiger partial charge is 0.360 e. The Labute approximate surface area is 141 Å². The number of ether oxygens (including phenoxy) is 1. The molecule has 0 spiro atoms. The van der Waals surface area contributed by atoms with Gasteiger partial charge in [-0.3, -0.25) is 10.9 Å². The van der Waals surface area contributed by atoms with Crippen molar-refractivity contribution in [2.75, 3.05) is 12.0 Å². The highest BCUT2D eigenvalue weighted by Crippen LogP contribution is 2.16. The lowest BCUT2D eigenvalue weighted by Crippen LogP contribution is -2.30. The number of rotatable bonds is 6. The molecule has 1 rings (SSSR count). The summed E-state index contributed by atoms with van der Waals surface area (Å²) in [6.07, 6.45) is 0. The van der Waals surface area contributed by atoms with E-state index in [9.17, 15) is 4.79 Å². The first-order chi connectivity index (χ1) is 10.8. The minimum Gasteiger partial charge on any atom is -0.461 e. The quantitative estimate of drug-likeness (QED) is 0.317. The second-order valence-electron chi connectivity index (χ2n) is 4.78. The molecule has 0 radical (unpaired) electrons. The van der Waals surface area contributed by atoms with Gasteiger partial charge in [0.05, 0.1) is 18.0 Å². The van der Waals surface area contributed by atoms with Gasteiger partial charge in [-0.15, -0.1) is 0 Å². The molecule has 0 saturated carbocycles. The molecule has 0 saturated heterocycles. The molecular formula is C15H21N5O2S. The molecule has 124 valence electrons. The van der Waals surface area contributed by atoms with Crippen molar-refractivity contribution in [2.24, 2.45) is 15.9 Å². The largest absolute Gasteiger partial charge is 0.461 e. The highest BCUT2D eigenvalue weighted by atomic mass is 32.1. The average molecular weight is 335 g/mol. The van der Waals surface area contributed by atoms with Gasteiger partial charge in [0.15, 0.2) is 10.8 Å². The van der Waals surface area contributed by atoms with E-state index in [2.05, 4.69) is 33.3 Å². The van der Waals surface area contributed by atoms with Gasteiger partial charge in [0.25, 0.3) is 0 Å². The van der Waals surface area contributed by atoms with E-state index >= 15 is 0 Å². The highest BCUT2D eigenvalue weighted by molar-refractivity contribution is 7.80. The van der Waals surface area contributed by atoms with Crippen molar-refractivity contribution in [1.29, 1.82) is 0 Å². The fourth-order valence-corrected chi connectivity index (χ4v) is 1.68. The van der Waals surface area contributed by atoms with E-state index in [4.69, 9.17) is 10.5 Å². The van der Waals surface area contributed by atoms with Crippen molar-refractivity contribution >= 4 is 40.4 Å². The van der Waals surface area contributed by atoms with Crippen LogP contribution in [0.3, 0.4) is 0 Å². The molecule has 0 amide bonds. The number of hydrogen-bond donors (Lipinski definition) is 3. The standard InChI is InChI=1S/C15H21N5O2S/c1-5-22-14(21)13(11(4)17-20-15(16)23)19-18-12-8-9(2)6-7-10(12)3/h6-8,18H,5H2,1-4H3,(H3,16,20,23)/b17-11?,19-13-. The Balaban J connectivity index is 3.08. The van der Waals surface area contributed by atoms with Crippen molar-refractivity contribution in [3.8, 4) is 0 Å².